The molecule has 0 fully saturated rings. The molecule has 0 aliphatic carbocycles. The van der Waals surface area contributed by atoms with Crippen molar-refractivity contribution < 1.29 is 13.2 Å². The van der Waals surface area contributed by atoms with Gasteiger partial charge >= 0.3 is 6.18 Å². The number of alkyl halides is 3. The molecule has 1 aromatic rings. The molecule has 0 heterocycles. The average Bonchev–Trinajstić information content (AvgIpc) is 2.14. The Morgan fingerprint density at radius 1 is 1.24 bits per heavy atom. The second-order valence-corrected chi connectivity index (χ2v) is 5.42. The van der Waals surface area contributed by atoms with Crippen molar-refractivity contribution in [3.05, 3.63) is 33.8 Å². The van der Waals surface area contributed by atoms with Gasteiger partial charge in [-0.15, -0.1) is 0 Å². The van der Waals surface area contributed by atoms with E-state index in [4.69, 9.17) is 5.73 Å². The predicted molar refractivity (Wildman–Crippen MR) is 65.5 cm³/mol. The molecule has 1 aromatic carbocycles. The Labute approximate surface area is 107 Å². The quantitative estimate of drug-likeness (QED) is 0.873. The van der Waals surface area contributed by atoms with Gasteiger partial charge in [0.05, 0.1) is 5.56 Å². The van der Waals surface area contributed by atoms with Crippen LogP contribution in [0.2, 0.25) is 0 Å². The lowest BCUT2D eigenvalue weighted by molar-refractivity contribution is -0.137. The summed E-state index contributed by atoms with van der Waals surface area (Å²) in [5.74, 6) is 0.346. The first kappa shape index (κ1) is 14.5. The van der Waals surface area contributed by atoms with E-state index in [-0.39, 0.29) is 6.04 Å². The van der Waals surface area contributed by atoms with Crippen molar-refractivity contribution in [3.8, 4) is 0 Å². The molecule has 5 heteroatoms. The lowest BCUT2D eigenvalue weighted by atomic mass is 9.96. The zero-order valence-corrected chi connectivity index (χ0v) is 11.3. The third-order valence-corrected chi connectivity index (χ3v) is 2.86. The van der Waals surface area contributed by atoms with Gasteiger partial charge in [0, 0.05) is 10.5 Å². The maximum Gasteiger partial charge on any atom is 0.416 e. The minimum absolute atomic E-state index is 0.346. The number of nitrogens with two attached hydrogens (primary N) is 1. The molecular weight excluding hydrogens is 295 g/mol. The third kappa shape index (κ3) is 4.32. The summed E-state index contributed by atoms with van der Waals surface area (Å²) in [7, 11) is 0. The van der Waals surface area contributed by atoms with E-state index in [0.29, 0.717) is 22.4 Å². The minimum atomic E-state index is -4.34. The lowest BCUT2D eigenvalue weighted by Crippen LogP contribution is -2.14. The lowest BCUT2D eigenvalue weighted by Gasteiger charge is -2.17. The van der Waals surface area contributed by atoms with Crippen molar-refractivity contribution in [2.45, 2.75) is 32.5 Å². The second kappa shape index (κ2) is 5.40. The van der Waals surface area contributed by atoms with Gasteiger partial charge in [-0.3, -0.25) is 0 Å². The van der Waals surface area contributed by atoms with Gasteiger partial charge in [0.1, 0.15) is 0 Å². The van der Waals surface area contributed by atoms with Crippen LogP contribution in [0.5, 0.6) is 0 Å². The first-order valence-corrected chi connectivity index (χ1v) is 6.12. The molecule has 0 saturated carbocycles. The number of benzene rings is 1. The molecule has 1 atom stereocenters. The van der Waals surface area contributed by atoms with Crippen molar-refractivity contribution in [2.75, 3.05) is 0 Å². The standard InChI is InChI=1S/C12H15BrF3N/c1-7(2)3-11(17)8-4-9(12(14,15)16)6-10(13)5-8/h4-7,11H,3,17H2,1-2H3/t11-/m1/s1. The first-order chi connectivity index (χ1) is 7.70. The van der Waals surface area contributed by atoms with E-state index in [1.807, 2.05) is 13.8 Å². The van der Waals surface area contributed by atoms with E-state index in [2.05, 4.69) is 15.9 Å². The largest absolute Gasteiger partial charge is 0.416 e. The zero-order valence-electron chi connectivity index (χ0n) is 9.68. The molecule has 96 valence electrons. The van der Waals surface area contributed by atoms with E-state index in [1.54, 1.807) is 6.07 Å². The van der Waals surface area contributed by atoms with Crippen LogP contribution in [-0.2, 0) is 6.18 Å². The molecule has 0 spiro atoms. The smallest absolute Gasteiger partial charge is 0.324 e. The molecular formula is C12H15BrF3N. The molecule has 0 aliphatic rings. The Balaban J connectivity index is 3.05. The highest BCUT2D eigenvalue weighted by Gasteiger charge is 2.31. The van der Waals surface area contributed by atoms with Crippen LogP contribution in [0, 0.1) is 5.92 Å². The molecule has 0 unspecified atom stereocenters. The number of hydrogen-bond acceptors (Lipinski definition) is 1. The fourth-order valence-corrected chi connectivity index (χ4v) is 2.14. The SMILES string of the molecule is CC(C)C[C@@H](N)c1cc(Br)cc(C(F)(F)F)c1. The van der Waals surface area contributed by atoms with Crippen LogP contribution in [0.4, 0.5) is 13.2 Å². The van der Waals surface area contributed by atoms with E-state index < -0.39 is 11.7 Å². The summed E-state index contributed by atoms with van der Waals surface area (Å²) in [5, 5.41) is 0. The van der Waals surface area contributed by atoms with E-state index in [0.717, 1.165) is 12.1 Å². The van der Waals surface area contributed by atoms with Crippen molar-refractivity contribution in [1.82, 2.24) is 0 Å². The van der Waals surface area contributed by atoms with Crippen molar-refractivity contribution in [2.24, 2.45) is 11.7 Å². The Morgan fingerprint density at radius 2 is 1.82 bits per heavy atom. The second-order valence-electron chi connectivity index (χ2n) is 4.51. The van der Waals surface area contributed by atoms with E-state index in [9.17, 15) is 13.2 Å². The summed E-state index contributed by atoms with van der Waals surface area (Å²) in [5.41, 5.74) is 5.74. The van der Waals surface area contributed by atoms with Crippen molar-refractivity contribution in [1.29, 1.82) is 0 Å². The summed E-state index contributed by atoms with van der Waals surface area (Å²) in [6.45, 7) is 3.98. The van der Waals surface area contributed by atoms with Gasteiger partial charge in [-0.2, -0.15) is 13.2 Å². The van der Waals surface area contributed by atoms with Crippen LogP contribution >= 0.6 is 15.9 Å². The molecule has 17 heavy (non-hydrogen) atoms. The Bertz CT molecular complexity index is 388. The Kier molecular flexibility index (Phi) is 4.61. The Morgan fingerprint density at radius 3 is 2.29 bits per heavy atom. The monoisotopic (exact) mass is 309 g/mol. The maximum atomic E-state index is 12.6. The van der Waals surface area contributed by atoms with Crippen LogP contribution in [0.25, 0.3) is 0 Å². The molecule has 0 amide bonds. The van der Waals surface area contributed by atoms with Gasteiger partial charge in [0.15, 0.2) is 0 Å². The van der Waals surface area contributed by atoms with Crippen LogP contribution in [-0.4, -0.2) is 0 Å². The fourth-order valence-electron chi connectivity index (χ4n) is 1.63. The number of halogens is 4. The van der Waals surface area contributed by atoms with E-state index >= 15 is 0 Å². The molecule has 0 aliphatic heterocycles. The molecule has 2 N–H and O–H groups in total. The number of hydrogen-bond donors (Lipinski definition) is 1. The summed E-state index contributed by atoms with van der Waals surface area (Å²) in [6, 6.07) is 3.46. The van der Waals surface area contributed by atoms with Gasteiger partial charge in [-0.05, 0) is 36.1 Å². The van der Waals surface area contributed by atoms with Crippen molar-refractivity contribution >= 4 is 15.9 Å². The highest BCUT2D eigenvalue weighted by molar-refractivity contribution is 9.10. The van der Waals surface area contributed by atoms with Gasteiger partial charge in [-0.25, -0.2) is 0 Å². The maximum absolute atomic E-state index is 12.6. The third-order valence-electron chi connectivity index (χ3n) is 2.40. The topological polar surface area (TPSA) is 26.0 Å². The van der Waals surface area contributed by atoms with Gasteiger partial charge < -0.3 is 5.73 Å². The van der Waals surface area contributed by atoms with Crippen molar-refractivity contribution in [3.63, 3.8) is 0 Å². The highest BCUT2D eigenvalue weighted by Crippen LogP contribution is 2.33. The predicted octanol–water partition coefficient (Wildman–Crippen LogP) is 4.51. The molecule has 1 nitrogen and oxygen atoms in total. The van der Waals surface area contributed by atoms with Crippen LogP contribution in [0.3, 0.4) is 0 Å². The van der Waals surface area contributed by atoms with E-state index in [1.165, 1.54) is 0 Å². The highest BCUT2D eigenvalue weighted by atomic mass is 79.9. The summed E-state index contributed by atoms with van der Waals surface area (Å²) in [6.07, 6.45) is -3.68. The summed E-state index contributed by atoms with van der Waals surface area (Å²) in [4.78, 5) is 0. The van der Waals surface area contributed by atoms with Gasteiger partial charge in [0.25, 0.3) is 0 Å². The summed E-state index contributed by atoms with van der Waals surface area (Å²) >= 11 is 3.08. The van der Waals surface area contributed by atoms with Crippen LogP contribution in [0.1, 0.15) is 37.4 Å². The van der Waals surface area contributed by atoms with Crippen LogP contribution < -0.4 is 5.73 Å². The normalized spacial score (nSPS) is 14.1. The fraction of sp³-hybridized carbons (Fsp3) is 0.500. The molecule has 0 bridgehead atoms. The Hall–Kier alpha value is -0.550. The molecule has 0 aromatic heterocycles. The van der Waals surface area contributed by atoms with Gasteiger partial charge in [-0.1, -0.05) is 29.8 Å². The average molecular weight is 310 g/mol. The van der Waals surface area contributed by atoms with Gasteiger partial charge in [0.2, 0.25) is 0 Å². The zero-order chi connectivity index (χ0) is 13.2. The number of rotatable bonds is 3. The van der Waals surface area contributed by atoms with Crippen LogP contribution in [0.15, 0.2) is 22.7 Å². The first-order valence-electron chi connectivity index (χ1n) is 5.33. The minimum Gasteiger partial charge on any atom is -0.324 e. The molecule has 0 radical (unpaired) electrons. The summed E-state index contributed by atoms with van der Waals surface area (Å²) < 4.78 is 38.2. The molecule has 0 saturated heterocycles. The molecule has 1 rings (SSSR count).